The molecule has 0 bridgehead atoms. The van der Waals surface area contributed by atoms with Crippen molar-refractivity contribution in [1.82, 2.24) is 20.1 Å². The number of aliphatic imine (C=N–C) groups is 1. The van der Waals surface area contributed by atoms with E-state index in [1.165, 1.54) is 27.8 Å². The second-order valence-corrected chi connectivity index (χ2v) is 13.8. The number of rotatable bonds is 10. The highest BCUT2D eigenvalue weighted by Crippen LogP contribution is 2.33. The summed E-state index contributed by atoms with van der Waals surface area (Å²) in [5, 5.41) is 3.31. The molecule has 1 N–H and O–H groups in total. The van der Waals surface area contributed by atoms with E-state index in [-0.39, 0.29) is 35.1 Å². The maximum Gasteiger partial charge on any atom is 0.277 e. The van der Waals surface area contributed by atoms with Crippen LogP contribution >= 0.6 is 11.8 Å². The van der Waals surface area contributed by atoms with Crippen molar-refractivity contribution in [2.75, 3.05) is 13.1 Å². The van der Waals surface area contributed by atoms with Crippen LogP contribution in [0.4, 0.5) is 0 Å². The van der Waals surface area contributed by atoms with Crippen LogP contribution in [0.2, 0.25) is 0 Å². The lowest BCUT2D eigenvalue weighted by Crippen LogP contribution is -2.57. The van der Waals surface area contributed by atoms with E-state index in [9.17, 15) is 19.2 Å². The molecule has 0 fully saturated rings. The largest absolute Gasteiger partial charge is 0.344 e. The van der Waals surface area contributed by atoms with Crippen molar-refractivity contribution in [1.29, 1.82) is 0 Å². The number of hydrogen-bond acceptors (Lipinski definition) is 7. The maximum atomic E-state index is 14.2. The van der Waals surface area contributed by atoms with E-state index in [4.69, 9.17) is 0 Å². The Hall–Kier alpha value is -4.57. The first-order chi connectivity index (χ1) is 21.5. The Morgan fingerprint density at radius 3 is 2.24 bits per heavy atom. The van der Waals surface area contributed by atoms with Crippen LogP contribution in [-0.4, -0.2) is 73.3 Å². The van der Waals surface area contributed by atoms with Crippen LogP contribution in [0, 0.1) is 5.92 Å². The molecule has 0 spiro atoms. The molecule has 2 aliphatic heterocycles. The minimum atomic E-state index is -0.868. The Kier molecular flexibility index (Phi) is 9.63. The van der Waals surface area contributed by atoms with Crippen LogP contribution in [0.3, 0.4) is 0 Å². The molecule has 3 aromatic rings. The molecule has 0 radical (unpaired) electrons. The zero-order valence-corrected chi connectivity index (χ0v) is 26.7. The van der Waals surface area contributed by atoms with Crippen LogP contribution in [-0.2, 0) is 20.8 Å². The average molecular weight is 624 g/mol. The van der Waals surface area contributed by atoms with Crippen molar-refractivity contribution in [2.24, 2.45) is 10.9 Å². The van der Waals surface area contributed by atoms with Gasteiger partial charge >= 0.3 is 0 Å². The van der Waals surface area contributed by atoms with Gasteiger partial charge in [0, 0.05) is 23.6 Å². The third-order valence-corrected chi connectivity index (χ3v) is 8.82. The molecule has 0 unspecified atom stereocenters. The molecular formula is C35H37N5O4S. The summed E-state index contributed by atoms with van der Waals surface area (Å²) in [6.45, 7) is 7.95. The second kappa shape index (κ2) is 13.6. The summed E-state index contributed by atoms with van der Waals surface area (Å²) in [4.78, 5) is 66.9. The number of nitrogens with one attached hydrogen (secondary N) is 1. The first-order valence-electron chi connectivity index (χ1n) is 15.0. The zero-order chi connectivity index (χ0) is 32.1. The number of pyridine rings is 1. The van der Waals surface area contributed by atoms with E-state index < -0.39 is 29.8 Å². The van der Waals surface area contributed by atoms with Crippen LogP contribution < -0.4 is 5.32 Å². The predicted octanol–water partition coefficient (Wildman–Crippen LogP) is 4.61. The second-order valence-electron chi connectivity index (χ2n) is 12.1. The van der Waals surface area contributed by atoms with Crippen LogP contribution in [0.15, 0.2) is 96.3 Å². The molecule has 3 heterocycles. The van der Waals surface area contributed by atoms with Crippen molar-refractivity contribution >= 4 is 46.0 Å². The highest BCUT2D eigenvalue weighted by Gasteiger charge is 2.42. The van der Waals surface area contributed by atoms with Gasteiger partial charge in [-0.3, -0.25) is 39.0 Å². The van der Waals surface area contributed by atoms with Gasteiger partial charge in [-0.15, -0.1) is 0 Å². The molecule has 2 aliphatic rings. The summed E-state index contributed by atoms with van der Waals surface area (Å²) >= 11 is 1.41. The van der Waals surface area contributed by atoms with Gasteiger partial charge in [-0.2, -0.15) is 0 Å². The average Bonchev–Trinajstić information content (AvgIpc) is 3.41. The number of amides is 3. The van der Waals surface area contributed by atoms with E-state index in [2.05, 4.69) is 15.3 Å². The Balaban J connectivity index is 1.46. The SMILES string of the molecule is CC(C)[C@@H]1C(=O)N(CC(=O)N[C@@H](Cc2ccccc2)C(=O)C2=NCC(C)(C)S2)C(c2ccccc2)=CN1C(=O)c1ccccn1. The minimum absolute atomic E-state index is 0.202. The first-order valence-corrected chi connectivity index (χ1v) is 15.8. The van der Waals surface area contributed by atoms with Gasteiger partial charge in [-0.25, -0.2) is 0 Å². The zero-order valence-electron chi connectivity index (χ0n) is 25.8. The molecule has 9 nitrogen and oxygen atoms in total. The van der Waals surface area contributed by atoms with Gasteiger partial charge in [-0.1, -0.05) is 92.3 Å². The van der Waals surface area contributed by atoms with Gasteiger partial charge in [0.05, 0.1) is 18.3 Å². The standard InChI is InChI=1S/C35H37N5O4S/c1-23(2)30-34(44)39(28(25-15-9-6-10-16-25)20-40(30)33(43)26-17-11-12-18-36-26)21-29(41)38-27(19-24-13-7-5-8-14-24)31(42)32-37-22-35(3,4)45-32/h5-18,20,23,27,30H,19,21-22H2,1-4H3,(H,38,41)/t27-,30+/m0/s1. The third kappa shape index (κ3) is 7.39. The fourth-order valence-electron chi connectivity index (χ4n) is 5.40. The summed E-state index contributed by atoms with van der Waals surface area (Å²) < 4.78 is -0.202. The van der Waals surface area contributed by atoms with Crippen molar-refractivity contribution in [3.63, 3.8) is 0 Å². The van der Waals surface area contributed by atoms with Crippen molar-refractivity contribution < 1.29 is 19.2 Å². The normalized spacial score (nSPS) is 18.3. The highest BCUT2D eigenvalue weighted by molar-refractivity contribution is 8.17. The molecular weight excluding hydrogens is 586 g/mol. The topological polar surface area (TPSA) is 112 Å². The van der Waals surface area contributed by atoms with Crippen molar-refractivity contribution in [2.45, 2.75) is 50.9 Å². The maximum absolute atomic E-state index is 14.2. The number of carbonyl (C=O) groups excluding carboxylic acids is 4. The summed E-state index contributed by atoms with van der Waals surface area (Å²) in [5.74, 6) is -1.81. The monoisotopic (exact) mass is 623 g/mol. The summed E-state index contributed by atoms with van der Waals surface area (Å²) in [5.41, 5.74) is 2.17. The number of nitrogens with zero attached hydrogens (tertiary/aromatic N) is 4. The highest BCUT2D eigenvalue weighted by atomic mass is 32.2. The summed E-state index contributed by atoms with van der Waals surface area (Å²) in [6.07, 6.45) is 3.44. The Morgan fingerprint density at radius 1 is 0.978 bits per heavy atom. The van der Waals surface area contributed by atoms with Gasteiger partial charge in [0.1, 0.15) is 23.3 Å². The number of hydrogen-bond donors (Lipinski definition) is 1. The molecule has 0 aliphatic carbocycles. The molecule has 0 saturated heterocycles. The quantitative estimate of drug-likeness (QED) is 0.353. The molecule has 232 valence electrons. The number of ketones is 1. The van der Waals surface area contributed by atoms with Gasteiger partial charge in [0.15, 0.2) is 0 Å². The number of Topliss-reactive ketones (excluding diaryl/α,β-unsaturated/α-hetero) is 1. The van der Waals surface area contributed by atoms with Crippen LogP contribution in [0.25, 0.3) is 5.70 Å². The van der Waals surface area contributed by atoms with Gasteiger partial charge in [0.25, 0.3) is 11.8 Å². The molecule has 1 aromatic heterocycles. The molecule has 2 aromatic carbocycles. The summed E-state index contributed by atoms with van der Waals surface area (Å²) in [7, 11) is 0. The fraction of sp³-hybridized carbons (Fsp3) is 0.314. The number of benzene rings is 2. The number of thioether (sulfide) groups is 1. The molecule has 0 saturated carbocycles. The molecule has 10 heteroatoms. The smallest absolute Gasteiger partial charge is 0.277 e. The first kappa shape index (κ1) is 31.8. The fourth-order valence-corrected chi connectivity index (χ4v) is 6.43. The molecule has 3 amide bonds. The lowest BCUT2D eigenvalue weighted by molar-refractivity contribution is -0.138. The lowest BCUT2D eigenvalue weighted by atomic mass is 9.96. The Labute approximate surface area is 267 Å². The molecule has 2 atom stereocenters. The van der Waals surface area contributed by atoms with E-state index in [0.29, 0.717) is 22.8 Å². The van der Waals surface area contributed by atoms with E-state index in [1.54, 1.807) is 24.4 Å². The lowest BCUT2D eigenvalue weighted by Gasteiger charge is -2.41. The number of carbonyl (C=O) groups is 4. The van der Waals surface area contributed by atoms with Crippen LogP contribution in [0.5, 0.6) is 0 Å². The van der Waals surface area contributed by atoms with Crippen LogP contribution in [0.1, 0.15) is 49.3 Å². The van der Waals surface area contributed by atoms with Gasteiger partial charge < -0.3 is 5.32 Å². The van der Waals surface area contributed by atoms with Gasteiger partial charge in [-0.05, 0) is 43.0 Å². The summed E-state index contributed by atoms with van der Waals surface area (Å²) in [6, 6.07) is 21.9. The van der Waals surface area contributed by atoms with Gasteiger partial charge in [0.2, 0.25) is 11.7 Å². The van der Waals surface area contributed by atoms with E-state index in [1.807, 2.05) is 88.4 Å². The predicted molar refractivity (Wildman–Crippen MR) is 176 cm³/mol. The molecule has 5 rings (SSSR count). The van der Waals surface area contributed by atoms with Crippen molar-refractivity contribution in [3.05, 3.63) is 108 Å². The Bertz CT molecular complexity index is 1620. The Morgan fingerprint density at radius 2 is 1.64 bits per heavy atom. The number of aromatic nitrogens is 1. The van der Waals surface area contributed by atoms with E-state index >= 15 is 0 Å². The molecule has 45 heavy (non-hydrogen) atoms. The van der Waals surface area contributed by atoms with Crippen molar-refractivity contribution in [3.8, 4) is 0 Å². The van der Waals surface area contributed by atoms with E-state index in [0.717, 1.165) is 5.56 Å². The minimum Gasteiger partial charge on any atom is -0.344 e. The third-order valence-electron chi connectivity index (χ3n) is 7.61.